The van der Waals surface area contributed by atoms with Crippen molar-refractivity contribution in [3.63, 3.8) is 0 Å². The zero-order valence-electron chi connectivity index (χ0n) is 4.89. The van der Waals surface area contributed by atoms with Crippen LogP contribution in [0.1, 0.15) is 0 Å². The molecule has 0 aromatic carbocycles. The quantitative estimate of drug-likeness (QED) is 0.266. The normalized spacial score (nSPS) is 0. The van der Waals surface area contributed by atoms with Crippen LogP contribution in [-0.2, 0) is 164 Å². The van der Waals surface area contributed by atoms with Crippen LogP contribution in [0.25, 0.3) is 0 Å². The van der Waals surface area contributed by atoms with E-state index >= 15 is 0 Å². The molecule has 9 heteroatoms. The summed E-state index contributed by atoms with van der Waals surface area (Å²) in [6, 6.07) is 0. The molecule has 21 radical (unpaired) electrons. The Morgan fingerprint density at radius 3 is 0.222 bits per heavy atom. The zero-order chi connectivity index (χ0) is 0. The SMILES string of the molecule is [Ge].[Ge].[Ge].[Ge].[Y].[Y].[Y].[Y].[Y]. The van der Waals surface area contributed by atoms with E-state index in [1.807, 2.05) is 0 Å². The third kappa shape index (κ3) is 49.7. The van der Waals surface area contributed by atoms with Crippen molar-refractivity contribution < 1.29 is 164 Å². The van der Waals surface area contributed by atoms with E-state index in [4.69, 9.17) is 0 Å². The van der Waals surface area contributed by atoms with Gasteiger partial charge in [-0.3, -0.25) is 0 Å². The first-order valence-electron chi connectivity index (χ1n) is 0. The average molecular weight is 735 g/mol. The Morgan fingerprint density at radius 2 is 0.222 bits per heavy atom. The molecular weight excluding hydrogens is 735 g/mol. The van der Waals surface area contributed by atoms with Crippen molar-refractivity contribution in [1.82, 2.24) is 0 Å². The van der Waals surface area contributed by atoms with Crippen LogP contribution in [0.2, 0.25) is 0 Å². The molecule has 0 rings (SSSR count). The standard InChI is InChI=1S/4Ge.5Y. The van der Waals surface area contributed by atoms with Gasteiger partial charge in [0.2, 0.25) is 0 Å². The Morgan fingerprint density at radius 1 is 0.222 bits per heavy atom. The maximum atomic E-state index is 0. The van der Waals surface area contributed by atoms with Crippen molar-refractivity contribution in [2.45, 2.75) is 0 Å². The van der Waals surface area contributed by atoms with E-state index < -0.39 is 0 Å². The molecule has 0 spiro atoms. The monoisotopic (exact) mass is 740 g/mol. The third-order valence-electron chi connectivity index (χ3n) is 0. The van der Waals surface area contributed by atoms with Gasteiger partial charge in [-0.25, -0.2) is 0 Å². The molecule has 0 aliphatic carbocycles. The Bertz CT molecular complexity index is 8.92. The molecule has 0 amide bonds. The summed E-state index contributed by atoms with van der Waals surface area (Å²) in [5.74, 6) is 0. The molecule has 0 aliphatic rings. The second-order valence-corrected chi connectivity index (χ2v) is 0. The largest absolute Gasteiger partial charge is 0 e. The minimum Gasteiger partial charge on any atom is 0 e. The minimum absolute atomic E-state index is 0. The molecule has 0 nitrogen and oxygen atoms in total. The topological polar surface area (TPSA) is 0 Å². The predicted octanol–water partition coefficient (Wildman–Crippen LogP) is -1.54. The molecule has 31 valence electrons. The van der Waals surface area contributed by atoms with E-state index in [9.17, 15) is 0 Å². The molecule has 0 N–H and O–H groups in total. The maximum Gasteiger partial charge on any atom is 0 e. The molecule has 0 saturated heterocycles. The van der Waals surface area contributed by atoms with Gasteiger partial charge in [-0.1, -0.05) is 0 Å². The van der Waals surface area contributed by atoms with Crippen molar-refractivity contribution in [1.29, 1.82) is 0 Å². The van der Waals surface area contributed by atoms with E-state index in [0.717, 1.165) is 0 Å². The van der Waals surface area contributed by atoms with Crippen LogP contribution in [0.5, 0.6) is 0 Å². The van der Waals surface area contributed by atoms with Crippen molar-refractivity contribution >= 4 is 70.4 Å². The van der Waals surface area contributed by atoms with E-state index in [1.54, 1.807) is 0 Å². The third-order valence-corrected chi connectivity index (χ3v) is 0. The summed E-state index contributed by atoms with van der Waals surface area (Å²) in [4.78, 5) is 0. The molecule has 0 aromatic heterocycles. The van der Waals surface area contributed by atoms with E-state index in [-0.39, 0.29) is 234 Å². The summed E-state index contributed by atoms with van der Waals surface area (Å²) in [6.07, 6.45) is 0. The van der Waals surface area contributed by atoms with Gasteiger partial charge in [-0.05, 0) is 0 Å². The summed E-state index contributed by atoms with van der Waals surface area (Å²) in [6.45, 7) is 0. The maximum absolute atomic E-state index is 0. The fourth-order valence-electron chi connectivity index (χ4n) is 0. The summed E-state index contributed by atoms with van der Waals surface area (Å²) in [5, 5.41) is 0. The number of hydrogen-bond donors (Lipinski definition) is 0. The Kier molecular flexibility index (Phi) is 442. The summed E-state index contributed by atoms with van der Waals surface area (Å²) in [5.41, 5.74) is 0. The first kappa shape index (κ1) is 69.5. The molecule has 0 bridgehead atoms. The van der Waals surface area contributed by atoms with Gasteiger partial charge in [0.15, 0.2) is 0 Å². The van der Waals surface area contributed by atoms with E-state index in [0.29, 0.717) is 0 Å². The molecule has 0 saturated carbocycles. The van der Waals surface area contributed by atoms with Crippen molar-refractivity contribution in [2.24, 2.45) is 0 Å². The van der Waals surface area contributed by atoms with Crippen LogP contribution in [0, 0.1) is 0 Å². The van der Waals surface area contributed by atoms with Gasteiger partial charge >= 0.3 is 0 Å². The molecule has 0 fully saturated rings. The smallest absolute Gasteiger partial charge is 0 e. The summed E-state index contributed by atoms with van der Waals surface area (Å²) in [7, 11) is 0. The van der Waals surface area contributed by atoms with Gasteiger partial charge < -0.3 is 0 Å². The van der Waals surface area contributed by atoms with E-state index in [1.165, 1.54) is 0 Å². The van der Waals surface area contributed by atoms with Crippen molar-refractivity contribution in [3.05, 3.63) is 0 Å². The molecule has 9 heavy (non-hydrogen) atoms. The fraction of sp³-hybridized carbons (Fsp3) is 0. The minimum atomic E-state index is 0. The van der Waals surface area contributed by atoms with Crippen molar-refractivity contribution in [3.8, 4) is 0 Å². The van der Waals surface area contributed by atoms with Crippen molar-refractivity contribution in [2.75, 3.05) is 0 Å². The van der Waals surface area contributed by atoms with Gasteiger partial charge in [0.05, 0.1) is 0 Å². The van der Waals surface area contributed by atoms with Gasteiger partial charge in [0.25, 0.3) is 0 Å². The van der Waals surface area contributed by atoms with E-state index in [2.05, 4.69) is 0 Å². The zero-order valence-corrected chi connectivity index (χ0v) is 27.5. The number of hydrogen-bond acceptors (Lipinski definition) is 0. The van der Waals surface area contributed by atoms with Gasteiger partial charge in [-0.2, -0.15) is 0 Å². The molecule has 0 aromatic rings. The second kappa shape index (κ2) is 57.3. The Balaban J connectivity index is 0. The molecule has 0 heterocycles. The molecule has 0 unspecified atom stereocenters. The van der Waals surface area contributed by atoms with Crippen LogP contribution < -0.4 is 0 Å². The van der Waals surface area contributed by atoms with Crippen LogP contribution in [0.3, 0.4) is 0 Å². The van der Waals surface area contributed by atoms with Gasteiger partial charge in [0, 0.05) is 234 Å². The van der Waals surface area contributed by atoms with Crippen LogP contribution in [0.4, 0.5) is 0 Å². The summed E-state index contributed by atoms with van der Waals surface area (Å²) >= 11 is 0. The average Bonchev–Trinajstić information content (AvgIpc) is 0. The summed E-state index contributed by atoms with van der Waals surface area (Å²) < 4.78 is 0. The fourth-order valence-corrected chi connectivity index (χ4v) is 0. The van der Waals surface area contributed by atoms with Gasteiger partial charge in [-0.15, -0.1) is 0 Å². The van der Waals surface area contributed by atoms with Crippen LogP contribution >= 0.6 is 0 Å². The predicted molar refractivity (Wildman–Crippen MR) is 23.0 cm³/mol. The number of rotatable bonds is 0. The first-order valence-corrected chi connectivity index (χ1v) is 0. The Hall–Kier alpha value is 7.69. The Labute approximate surface area is 227 Å². The molecular formula is Ge4Y5. The second-order valence-electron chi connectivity index (χ2n) is 0. The molecule has 0 aliphatic heterocycles. The molecule has 0 atom stereocenters. The van der Waals surface area contributed by atoms with Crippen LogP contribution in [-0.4, -0.2) is 70.4 Å². The van der Waals surface area contributed by atoms with Gasteiger partial charge in [0.1, 0.15) is 0 Å². The van der Waals surface area contributed by atoms with Crippen LogP contribution in [0.15, 0.2) is 0 Å². The first-order chi connectivity index (χ1) is 0.